The van der Waals surface area contributed by atoms with E-state index in [4.69, 9.17) is 5.73 Å². The Bertz CT molecular complexity index is 352. The summed E-state index contributed by atoms with van der Waals surface area (Å²) in [5.74, 6) is -0.517. The topological polar surface area (TPSA) is 65.2 Å². The molecule has 1 atom stereocenters. The van der Waals surface area contributed by atoms with Crippen molar-refractivity contribution < 1.29 is 9.53 Å². The summed E-state index contributed by atoms with van der Waals surface area (Å²) >= 11 is 3.28. The summed E-state index contributed by atoms with van der Waals surface area (Å²) in [5.41, 5.74) is 5.06. The molecular weight excluding hydrogens is 248 g/mol. The van der Waals surface area contributed by atoms with Gasteiger partial charge in [-0.05, 0) is 35.0 Å². The van der Waals surface area contributed by atoms with Crippen LogP contribution in [0.5, 0.6) is 0 Å². The molecule has 76 valence electrons. The highest BCUT2D eigenvalue weighted by molar-refractivity contribution is 9.10. The van der Waals surface area contributed by atoms with Crippen LogP contribution < -0.4 is 5.73 Å². The molecule has 0 radical (unpaired) electrons. The molecule has 0 saturated carbocycles. The molecule has 4 nitrogen and oxygen atoms in total. The number of nitrogens with zero attached hydrogens (tertiary/aromatic N) is 1. The van der Waals surface area contributed by atoms with E-state index in [0.29, 0.717) is 10.2 Å². The van der Waals surface area contributed by atoms with E-state index < -0.39 is 11.5 Å². The molecule has 5 heteroatoms. The molecule has 0 aromatic carbocycles. The molecule has 0 fully saturated rings. The summed E-state index contributed by atoms with van der Waals surface area (Å²) in [6.45, 7) is 1.56. The second-order valence-corrected chi connectivity index (χ2v) is 3.88. The SMILES string of the molecule is COC(=O)[C@](C)(N)c1ncccc1Br. The fraction of sp³-hybridized carbons (Fsp3) is 0.333. The number of rotatable bonds is 2. The Labute approximate surface area is 90.6 Å². The van der Waals surface area contributed by atoms with Gasteiger partial charge in [0.2, 0.25) is 0 Å². The molecule has 1 heterocycles. The lowest BCUT2D eigenvalue weighted by Gasteiger charge is -2.21. The highest BCUT2D eigenvalue weighted by atomic mass is 79.9. The summed E-state index contributed by atoms with van der Waals surface area (Å²) in [7, 11) is 1.30. The number of carbonyl (C=O) groups excluding carboxylic acids is 1. The zero-order valence-electron chi connectivity index (χ0n) is 7.95. The van der Waals surface area contributed by atoms with Crippen LogP contribution >= 0.6 is 15.9 Å². The number of pyridine rings is 1. The number of aromatic nitrogens is 1. The van der Waals surface area contributed by atoms with Gasteiger partial charge in [0.05, 0.1) is 12.8 Å². The number of esters is 1. The van der Waals surface area contributed by atoms with Crippen LogP contribution in [-0.2, 0) is 15.1 Å². The van der Waals surface area contributed by atoms with Gasteiger partial charge in [0.15, 0.2) is 5.54 Å². The first-order valence-corrected chi connectivity index (χ1v) is 4.77. The standard InChI is InChI=1S/C9H11BrN2O2/c1-9(11,8(13)14-2)7-6(10)4-3-5-12-7/h3-5H,11H2,1-2H3/t9-/m1/s1. The average molecular weight is 259 g/mol. The van der Waals surface area contributed by atoms with Gasteiger partial charge in [-0.2, -0.15) is 0 Å². The van der Waals surface area contributed by atoms with E-state index >= 15 is 0 Å². The van der Waals surface area contributed by atoms with Crippen LogP contribution in [0.15, 0.2) is 22.8 Å². The Morgan fingerprint density at radius 1 is 1.71 bits per heavy atom. The third-order valence-corrected chi connectivity index (χ3v) is 2.50. The number of hydrogen-bond donors (Lipinski definition) is 1. The van der Waals surface area contributed by atoms with Crippen LogP contribution in [0, 0.1) is 0 Å². The number of hydrogen-bond acceptors (Lipinski definition) is 4. The third kappa shape index (κ3) is 1.93. The molecule has 1 aromatic rings. The van der Waals surface area contributed by atoms with Crippen molar-refractivity contribution >= 4 is 21.9 Å². The molecule has 0 unspecified atom stereocenters. The summed E-state index contributed by atoms with van der Waals surface area (Å²) < 4.78 is 5.29. The first kappa shape index (κ1) is 11.1. The van der Waals surface area contributed by atoms with E-state index in [1.165, 1.54) is 7.11 Å². The molecule has 0 saturated heterocycles. The first-order valence-electron chi connectivity index (χ1n) is 3.98. The number of ether oxygens (including phenoxy) is 1. The highest BCUT2D eigenvalue weighted by Gasteiger charge is 2.34. The Balaban J connectivity index is 3.16. The fourth-order valence-corrected chi connectivity index (χ4v) is 1.74. The van der Waals surface area contributed by atoms with E-state index in [-0.39, 0.29) is 0 Å². The van der Waals surface area contributed by atoms with E-state index in [1.54, 1.807) is 25.3 Å². The summed E-state index contributed by atoms with van der Waals surface area (Å²) in [6.07, 6.45) is 1.58. The van der Waals surface area contributed by atoms with Crippen molar-refractivity contribution in [2.24, 2.45) is 5.73 Å². The Morgan fingerprint density at radius 2 is 2.36 bits per heavy atom. The Kier molecular flexibility index (Phi) is 3.23. The van der Waals surface area contributed by atoms with Gasteiger partial charge in [-0.25, -0.2) is 4.79 Å². The molecule has 14 heavy (non-hydrogen) atoms. The van der Waals surface area contributed by atoms with Crippen molar-refractivity contribution in [2.75, 3.05) is 7.11 Å². The number of halogens is 1. The fourth-order valence-electron chi connectivity index (χ4n) is 1.08. The van der Waals surface area contributed by atoms with Crippen molar-refractivity contribution in [3.63, 3.8) is 0 Å². The van der Waals surface area contributed by atoms with Gasteiger partial charge < -0.3 is 10.5 Å². The zero-order valence-corrected chi connectivity index (χ0v) is 9.54. The summed E-state index contributed by atoms with van der Waals surface area (Å²) in [4.78, 5) is 15.4. The van der Waals surface area contributed by atoms with Gasteiger partial charge in [-0.15, -0.1) is 0 Å². The van der Waals surface area contributed by atoms with E-state index in [0.717, 1.165) is 0 Å². The third-order valence-electron chi connectivity index (χ3n) is 1.86. The maximum Gasteiger partial charge on any atom is 0.331 e. The van der Waals surface area contributed by atoms with Crippen molar-refractivity contribution in [2.45, 2.75) is 12.5 Å². The Hall–Kier alpha value is -0.940. The summed E-state index contributed by atoms with van der Waals surface area (Å²) in [6, 6.07) is 3.53. The lowest BCUT2D eigenvalue weighted by molar-refractivity contribution is -0.146. The lowest BCUT2D eigenvalue weighted by atomic mass is 9.99. The van der Waals surface area contributed by atoms with Crippen LogP contribution in [0.2, 0.25) is 0 Å². The molecule has 2 N–H and O–H groups in total. The van der Waals surface area contributed by atoms with Gasteiger partial charge in [0, 0.05) is 10.7 Å². The van der Waals surface area contributed by atoms with Gasteiger partial charge in [-0.3, -0.25) is 4.98 Å². The Morgan fingerprint density at radius 3 is 2.86 bits per heavy atom. The normalized spacial score (nSPS) is 14.6. The smallest absolute Gasteiger partial charge is 0.331 e. The molecule has 0 bridgehead atoms. The van der Waals surface area contributed by atoms with Gasteiger partial charge in [0.1, 0.15) is 0 Å². The molecular formula is C9H11BrN2O2. The number of carbonyl (C=O) groups is 1. The van der Waals surface area contributed by atoms with Crippen LogP contribution in [-0.4, -0.2) is 18.1 Å². The molecule has 0 aliphatic carbocycles. The van der Waals surface area contributed by atoms with Gasteiger partial charge in [0.25, 0.3) is 0 Å². The average Bonchev–Trinajstić information content (AvgIpc) is 2.17. The molecule has 1 rings (SSSR count). The molecule has 0 aliphatic heterocycles. The molecule has 0 aliphatic rings. The predicted octanol–water partition coefficient (Wildman–Crippen LogP) is 1.19. The molecule has 0 amide bonds. The largest absolute Gasteiger partial charge is 0.467 e. The van der Waals surface area contributed by atoms with Crippen molar-refractivity contribution in [3.8, 4) is 0 Å². The zero-order chi connectivity index (χ0) is 10.8. The van der Waals surface area contributed by atoms with Crippen molar-refractivity contribution in [1.29, 1.82) is 0 Å². The number of methoxy groups -OCH3 is 1. The quantitative estimate of drug-likeness (QED) is 0.810. The van der Waals surface area contributed by atoms with Crippen molar-refractivity contribution in [1.82, 2.24) is 4.98 Å². The van der Waals surface area contributed by atoms with Crippen molar-refractivity contribution in [3.05, 3.63) is 28.5 Å². The summed E-state index contributed by atoms with van der Waals surface area (Å²) in [5, 5.41) is 0. The van der Waals surface area contributed by atoms with Crippen LogP contribution in [0.3, 0.4) is 0 Å². The molecule has 0 spiro atoms. The predicted molar refractivity (Wildman–Crippen MR) is 55.5 cm³/mol. The maximum atomic E-state index is 11.4. The minimum absolute atomic E-state index is 0.465. The minimum Gasteiger partial charge on any atom is -0.467 e. The number of nitrogens with two attached hydrogens (primary N) is 1. The van der Waals surface area contributed by atoms with Crippen LogP contribution in [0.25, 0.3) is 0 Å². The van der Waals surface area contributed by atoms with Gasteiger partial charge in [-0.1, -0.05) is 0 Å². The second kappa shape index (κ2) is 4.06. The van der Waals surface area contributed by atoms with Crippen LogP contribution in [0.1, 0.15) is 12.6 Å². The van der Waals surface area contributed by atoms with Gasteiger partial charge >= 0.3 is 5.97 Å². The first-order chi connectivity index (χ1) is 6.50. The monoisotopic (exact) mass is 258 g/mol. The van der Waals surface area contributed by atoms with E-state index in [1.807, 2.05) is 0 Å². The second-order valence-electron chi connectivity index (χ2n) is 3.03. The van der Waals surface area contributed by atoms with Crippen LogP contribution in [0.4, 0.5) is 0 Å². The highest BCUT2D eigenvalue weighted by Crippen LogP contribution is 2.24. The minimum atomic E-state index is -1.23. The molecule has 1 aromatic heterocycles. The van der Waals surface area contributed by atoms with E-state index in [9.17, 15) is 4.79 Å². The lowest BCUT2D eigenvalue weighted by Crippen LogP contribution is -2.43. The maximum absolute atomic E-state index is 11.4. The van der Waals surface area contributed by atoms with E-state index in [2.05, 4.69) is 25.7 Å².